The third kappa shape index (κ3) is 5.51. The predicted molar refractivity (Wildman–Crippen MR) is 104 cm³/mol. The largest absolute Gasteiger partial charge is 0.486 e. The summed E-state index contributed by atoms with van der Waals surface area (Å²) in [6, 6.07) is 11.3. The summed E-state index contributed by atoms with van der Waals surface area (Å²) < 4.78 is 20.1. The van der Waals surface area contributed by atoms with Crippen LogP contribution in [0.25, 0.3) is 0 Å². The molecule has 0 saturated carbocycles. The van der Waals surface area contributed by atoms with Crippen LogP contribution in [0.2, 0.25) is 0 Å². The van der Waals surface area contributed by atoms with Crippen LogP contribution < -0.4 is 10.1 Å². The number of hydrogen-bond donors (Lipinski definition) is 1. The first-order valence-electron chi connectivity index (χ1n) is 8.36. The van der Waals surface area contributed by atoms with E-state index in [-0.39, 0.29) is 29.8 Å². The van der Waals surface area contributed by atoms with Crippen LogP contribution in [-0.4, -0.2) is 31.3 Å². The Bertz CT molecular complexity index is 1030. The van der Waals surface area contributed by atoms with Crippen molar-refractivity contribution in [2.45, 2.75) is 11.8 Å². The van der Waals surface area contributed by atoms with Gasteiger partial charge in [-0.1, -0.05) is 17.8 Å². The number of aromatic nitrogens is 3. The molecule has 1 heterocycles. The Morgan fingerprint density at radius 1 is 1.28 bits per heavy atom. The maximum atomic E-state index is 12.9. The normalized spacial score (nSPS) is 10.6. The van der Waals surface area contributed by atoms with E-state index in [0.717, 1.165) is 0 Å². The van der Waals surface area contributed by atoms with Gasteiger partial charge in [-0.15, -0.1) is 10.2 Å². The molecule has 0 radical (unpaired) electrons. The molecule has 0 bridgehead atoms. The average molecular weight is 417 g/mol. The minimum absolute atomic E-state index is 0.0491. The van der Waals surface area contributed by atoms with Gasteiger partial charge in [-0.05, 0) is 30.3 Å². The quantitative estimate of drug-likeness (QED) is 0.340. The van der Waals surface area contributed by atoms with Gasteiger partial charge in [0.05, 0.1) is 10.7 Å². The Kier molecular flexibility index (Phi) is 6.39. The van der Waals surface area contributed by atoms with E-state index < -0.39 is 4.92 Å². The van der Waals surface area contributed by atoms with Crippen molar-refractivity contribution in [3.63, 3.8) is 0 Å². The van der Waals surface area contributed by atoms with Crippen LogP contribution in [0.15, 0.2) is 53.7 Å². The number of ether oxygens (including phenoxy) is 1. The number of nitro benzene ring substituents is 1. The number of non-ortho nitro benzene ring substituents is 1. The lowest BCUT2D eigenvalue weighted by Gasteiger charge is -2.07. The summed E-state index contributed by atoms with van der Waals surface area (Å²) >= 11 is 1.17. The van der Waals surface area contributed by atoms with Gasteiger partial charge in [0.1, 0.15) is 18.2 Å². The molecule has 1 amide bonds. The second-order valence-electron chi connectivity index (χ2n) is 5.84. The minimum Gasteiger partial charge on any atom is -0.486 e. The number of nitrogens with one attached hydrogen (secondary N) is 1. The molecule has 3 aromatic rings. The van der Waals surface area contributed by atoms with E-state index >= 15 is 0 Å². The highest BCUT2D eigenvalue weighted by Crippen LogP contribution is 2.20. The van der Waals surface area contributed by atoms with Gasteiger partial charge >= 0.3 is 0 Å². The third-order valence-corrected chi connectivity index (χ3v) is 4.80. The fraction of sp³-hybridized carbons (Fsp3) is 0.167. The highest BCUT2D eigenvalue weighted by molar-refractivity contribution is 7.99. The summed E-state index contributed by atoms with van der Waals surface area (Å²) in [5.74, 6) is 0.407. The Hall–Kier alpha value is -3.47. The highest BCUT2D eigenvalue weighted by Gasteiger charge is 2.13. The van der Waals surface area contributed by atoms with Gasteiger partial charge in [-0.2, -0.15) is 0 Å². The molecule has 29 heavy (non-hydrogen) atoms. The summed E-state index contributed by atoms with van der Waals surface area (Å²) in [7, 11) is 1.74. The molecular formula is C18H16FN5O4S. The smallest absolute Gasteiger partial charge is 0.271 e. The Labute approximate surface area is 169 Å². The molecule has 3 rings (SSSR count). The number of thioether (sulfide) groups is 1. The van der Waals surface area contributed by atoms with E-state index in [2.05, 4.69) is 15.5 Å². The first-order chi connectivity index (χ1) is 13.9. The first-order valence-corrected chi connectivity index (χ1v) is 9.34. The maximum absolute atomic E-state index is 12.9. The van der Waals surface area contributed by atoms with Crippen molar-refractivity contribution in [2.24, 2.45) is 7.05 Å². The Morgan fingerprint density at radius 3 is 2.76 bits per heavy atom. The zero-order valence-electron chi connectivity index (χ0n) is 15.2. The number of halogens is 1. The van der Waals surface area contributed by atoms with Crippen molar-refractivity contribution >= 4 is 29.0 Å². The number of nitrogens with zero attached hydrogens (tertiary/aromatic N) is 4. The van der Waals surface area contributed by atoms with Crippen LogP contribution in [0.1, 0.15) is 5.82 Å². The number of amides is 1. The molecule has 0 aliphatic rings. The van der Waals surface area contributed by atoms with Crippen LogP contribution in [-0.2, 0) is 18.4 Å². The molecule has 0 spiro atoms. The monoisotopic (exact) mass is 417 g/mol. The van der Waals surface area contributed by atoms with Crippen molar-refractivity contribution in [3.05, 3.63) is 70.3 Å². The third-order valence-electron chi connectivity index (χ3n) is 3.78. The van der Waals surface area contributed by atoms with E-state index in [9.17, 15) is 19.3 Å². The van der Waals surface area contributed by atoms with Crippen LogP contribution in [0, 0.1) is 15.9 Å². The van der Waals surface area contributed by atoms with E-state index in [4.69, 9.17) is 4.74 Å². The molecular weight excluding hydrogens is 401 g/mol. The number of carbonyl (C=O) groups is 1. The molecule has 0 atom stereocenters. The molecule has 11 heteroatoms. The van der Waals surface area contributed by atoms with Gasteiger partial charge in [0.2, 0.25) is 5.91 Å². The second-order valence-corrected chi connectivity index (χ2v) is 6.79. The van der Waals surface area contributed by atoms with Gasteiger partial charge in [0, 0.05) is 24.9 Å². The zero-order chi connectivity index (χ0) is 20.8. The van der Waals surface area contributed by atoms with Crippen molar-refractivity contribution in [3.8, 4) is 5.75 Å². The van der Waals surface area contributed by atoms with E-state index in [0.29, 0.717) is 22.4 Å². The number of hydrogen-bond acceptors (Lipinski definition) is 7. The molecule has 0 aliphatic heterocycles. The van der Waals surface area contributed by atoms with Crippen LogP contribution in [0.3, 0.4) is 0 Å². The zero-order valence-corrected chi connectivity index (χ0v) is 16.1. The van der Waals surface area contributed by atoms with Gasteiger partial charge in [0.25, 0.3) is 5.69 Å². The van der Waals surface area contributed by atoms with Crippen molar-refractivity contribution < 1.29 is 18.8 Å². The summed E-state index contributed by atoms with van der Waals surface area (Å²) in [4.78, 5) is 22.4. The summed E-state index contributed by atoms with van der Waals surface area (Å²) in [6.45, 7) is 0.134. The Morgan fingerprint density at radius 2 is 2.03 bits per heavy atom. The van der Waals surface area contributed by atoms with E-state index in [1.165, 1.54) is 54.2 Å². The molecule has 0 fully saturated rings. The fourth-order valence-corrected chi connectivity index (χ4v) is 3.03. The van der Waals surface area contributed by atoms with E-state index in [1.54, 1.807) is 17.7 Å². The van der Waals surface area contributed by atoms with Crippen molar-refractivity contribution in [2.75, 3.05) is 11.1 Å². The number of rotatable bonds is 8. The molecule has 2 aromatic carbocycles. The molecule has 9 nitrogen and oxygen atoms in total. The lowest BCUT2D eigenvalue weighted by molar-refractivity contribution is -0.384. The van der Waals surface area contributed by atoms with Gasteiger partial charge < -0.3 is 14.6 Å². The lowest BCUT2D eigenvalue weighted by atomic mass is 10.3. The van der Waals surface area contributed by atoms with Gasteiger partial charge in [-0.25, -0.2) is 4.39 Å². The molecule has 1 aromatic heterocycles. The number of benzene rings is 2. The van der Waals surface area contributed by atoms with Crippen LogP contribution in [0.4, 0.5) is 15.8 Å². The summed E-state index contributed by atoms with van der Waals surface area (Å²) in [5.41, 5.74) is 0.241. The average Bonchev–Trinajstić information content (AvgIpc) is 3.06. The molecule has 0 aliphatic carbocycles. The van der Waals surface area contributed by atoms with Crippen molar-refractivity contribution in [1.29, 1.82) is 0 Å². The summed E-state index contributed by atoms with van der Waals surface area (Å²) in [6.07, 6.45) is 0. The molecule has 0 unspecified atom stereocenters. The number of anilines is 1. The van der Waals surface area contributed by atoms with Gasteiger partial charge in [0.15, 0.2) is 11.0 Å². The highest BCUT2D eigenvalue weighted by atomic mass is 32.2. The minimum atomic E-state index is -0.528. The van der Waals surface area contributed by atoms with E-state index in [1.807, 2.05) is 0 Å². The molecule has 0 saturated heterocycles. The molecule has 150 valence electrons. The van der Waals surface area contributed by atoms with Crippen LogP contribution >= 0.6 is 11.8 Å². The second kappa shape index (κ2) is 9.15. The maximum Gasteiger partial charge on any atom is 0.271 e. The first kappa shape index (κ1) is 20.3. The topological polar surface area (TPSA) is 112 Å². The summed E-state index contributed by atoms with van der Waals surface area (Å²) in [5, 5.41) is 22.0. The SMILES string of the molecule is Cn1c(COc2ccc(F)cc2)nnc1SCC(=O)Nc1cccc([N+](=O)[O-])c1. The number of nitro groups is 1. The number of carbonyl (C=O) groups excluding carboxylic acids is 1. The van der Waals surface area contributed by atoms with Gasteiger partial charge in [-0.3, -0.25) is 14.9 Å². The standard InChI is InChI=1S/C18H16FN5O4S/c1-23-16(10-28-15-7-5-12(19)6-8-15)21-22-18(23)29-11-17(25)20-13-3-2-4-14(9-13)24(26)27/h2-9H,10-11H2,1H3,(H,20,25). The Balaban J connectivity index is 1.53. The molecule has 1 N–H and O–H groups in total. The predicted octanol–water partition coefficient (Wildman–Crippen LogP) is 3.17. The fourth-order valence-electron chi connectivity index (χ4n) is 2.30. The van der Waals surface area contributed by atoms with Crippen LogP contribution in [0.5, 0.6) is 5.75 Å². The lowest BCUT2D eigenvalue weighted by Crippen LogP contribution is -2.14. The van der Waals surface area contributed by atoms with Crippen molar-refractivity contribution in [1.82, 2.24) is 14.8 Å².